The fraction of sp³-hybridized carbons (Fsp3) is 0.120. The van der Waals surface area contributed by atoms with Crippen molar-refractivity contribution in [1.29, 1.82) is 0 Å². The first-order valence-electron chi connectivity index (χ1n) is 10.1. The molecule has 0 aliphatic carbocycles. The molecule has 1 fully saturated rings. The molecule has 1 N–H and O–H groups in total. The second-order valence-electron chi connectivity index (χ2n) is 6.99. The second-order valence-corrected chi connectivity index (χ2v) is 6.99. The molecule has 0 radical (unpaired) electrons. The Hall–Kier alpha value is -4.13. The van der Waals surface area contributed by atoms with Gasteiger partial charge in [0.05, 0.1) is 12.3 Å². The molecule has 1 aliphatic heterocycles. The summed E-state index contributed by atoms with van der Waals surface area (Å²) in [5, 5.41) is 1.21. The lowest BCUT2D eigenvalue weighted by Gasteiger charge is -2.14. The van der Waals surface area contributed by atoms with E-state index in [0.717, 1.165) is 0 Å². The fourth-order valence-electron chi connectivity index (χ4n) is 3.26. The monoisotopic (exact) mass is 432 g/mol. The van der Waals surface area contributed by atoms with Crippen LogP contribution >= 0.6 is 0 Å². The Bertz CT molecular complexity index is 1180. The number of carbonyl (C=O) groups is 2. The predicted octanol–water partition coefficient (Wildman–Crippen LogP) is 4.26. The van der Waals surface area contributed by atoms with Crippen LogP contribution in [0.25, 0.3) is 6.08 Å². The van der Waals surface area contributed by atoms with Gasteiger partial charge in [-0.25, -0.2) is 9.40 Å². The third-order valence-corrected chi connectivity index (χ3v) is 4.83. The Balaban J connectivity index is 1.57. The molecule has 0 saturated carbocycles. The number of ether oxygens (including phenoxy) is 2. The number of carbonyl (C=O) groups excluding carboxylic acids is 2. The van der Waals surface area contributed by atoms with Crippen LogP contribution in [0, 0.1) is 5.82 Å². The number of halogens is 1. The smallest absolute Gasteiger partial charge is 0.282 e. The van der Waals surface area contributed by atoms with Gasteiger partial charge in [-0.2, -0.15) is 0 Å². The van der Waals surface area contributed by atoms with E-state index in [1.807, 2.05) is 13.0 Å². The van der Waals surface area contributed by atoms with E-state index >= 15 is 0 Å². The molecule has 0 spiro atoms. The number of hydrogen-bond acceptors (Lipinski definition) is 4. The minimum absolute atomic E-state index is 0.0105. The highest BCUT2D eigenvalue weighted by Crippen LogP contribution is 2.31. The molecule has 0 unspecified atom stereocenters. The van der Waals surface area contributed by atoms with Crippen molar-refractivity contribution in [2.45, 2.75) is 13.5 Å². The van der Waals surface area contributed by atoms with Gasteiger partial charge in [0, 0.05) is 5.56 Å². The Morgan fingerprint density at radius 3 is 2.44 bits per heavy atom. The number of nitrogens with one attached hydrogen (secondary N) is 1. The molecule has 3 aromatic rings. The summed E-state index contributed by atoms with van der Waals surface area (Å²) in [5.41, 5.74) is 4.17. The number of amides is 2. The molecule has 0 bridgehead atoms. The Kier molecular flexibility index (Phi) is 6.17. The zero-order valence-electron chi connectivity index (χ0n) is 17.4. The SMILES string of the molecule is CCOc1cc(/C=C2\C(=O)NN(c3ccccc3)C2=O)ccc1OCc1ccccc1F. The van der Waals surface area contributed by atoms with E-state index in [4.69, 9.17) is 9.47 Å². The second kappa shape index (κ2) is 9.34. The number of anilines is 1. The van der Waals surface area contributed by atoms with E-state index < -0.39 is 11.8 Å². The Morgan fingerprint density at radius 1 is 0.938 bits per heavy atom. The maximum absolute atomic E-state index is 13.9. The van der Waals surface area contributed by atoms with Crippen molar-refractivity contribution in [1.82, 2.24) is 5.43 Å². The highest BCUT2D eigenvalue weighted by molar-refractivity contribution is 6.31. The predicted molar refractivity (Wildman–Crippen MR) is 118 cm³/mol. The summed E-state index contributed by atoms with van der Waals surface area (Å²) in [6, 6.07) is 20.3. The number of benzene rings is 3. The number of hydrogen-bond donors (Lipinski definition) is 1. The molecule has 1 aliphatic rings. The van der Waals surface area contributed by atoms with E-state index in [9.17, 15) is 14.0 Å². The van der Waals surface area contributed by atoms with Gasteiger partial charge in [0.25, 0.3) is 11.8 Å². The minimum Gasteiger partial charge on any atom is -0.490 e. The van der Waals surface area contributed by atoms with E-state index in [-0.39, 0.29) is 18.0 Å². The van der Waals surface area contributed by atoms with Gasteiger partial charge in [0.2, 0.25) is 0 Å². The van der Waals surface area contributed by atoms with Crippen LogP contribution in [0.2, 0.25) is 0 Å². The summed E-state index contributed by atoms with van der Waals surface area (Å²) in [5.74, 6) is -0.411. The standard InChI is InChI=1S/C25H21FN2O4/c1-2-31-23-15-17(12-13-22(23)32-16-18-8-6-7-11-21(18)26)14-20-24(29)27-28(25(20)30)19-9-4-3-5-10-19/h3-15H,2,16H2,1H3,(H,27,29)/b20-14+. The minimum atomic E-state index is -0.489. The normalized spacial score (nSPS) is 14.6. The number of hydrazine groups is 1. The molecule has 0 atom stereocenters. The van der Waals surface area contributed by atoms with E-state index in [1.54, 1.807) is 60.7 Å². The molecular weight excluding hydrogens is 411 g/mol. The maximum atomic E-state index is 13.9. The number of nitrogens with zero attached hydrogens (tertiary/aromatic N) is 1. The maximum Gasteiger partial charge on any atom is 0.282 e. The molecule has 162 valence electrons. The average Bonchev–Trinajstić information content (AvgIpc) is 3.08. The lowest BCUT2D eigenvalue weighted by atomic mass is 10.1. The van der Waals surface area contributed by atoms with Gasteiger partial charge in [-0.1, -0.05) is 42.5 Å². The van der Waals surface area contributed by atoms with Gasteiger partial charge < -0.3 is 9.47 Å². The number of rotatable bonds is 7. The average molecular weight is 432 g/mol. The molecule has 6 nitrogen and oxygen atoms in total. The molecule has 0 aromatic heterocycles. The first-order valence-corrected chi connectivity index (χ1v) is 10.1. The highest BCUT2D eigenvalue weighted by atomic mass is 19.1. The summed E-state index contributed by atoms with van der Waals surface area (Å²) >= 11 is 0. The summed E-state index contributed by atoms with van der Waals surface area (Å²) in [6.45, 7) is 2.26. The first-order chi connectivity index (χ1) is 15.6. The van der Waals surface area contributed by atoms with E-state index in [0.29, 0.717) is 34.9 Å². The van der Waals surface area contributed by atoms with Gasteiger partial charge in [0.1, 0.15) is 18.0 Å². The van der Waals surface area contributed by atoms with Gasteiger partial charge in [-0.3, -0.25) is 15.0 Å². The molecule has 3 aromatic carbocycles. The Morgan fingerprint density at radius 2 is 1.69 bits per heavy atom. The van der Waals surface area contributed by atoms with Gasteiger partial charge >= 0.3 is 0 Å². The zero-order valence-corrected chi connectivity index (χ0v) is 17.4. The molecule has 7 heteroatoms. The molecule has 2 amide bonds. The first kappa shape index (κ1) is 21.1. The molecule has 1 saturated heterocycles. The van der Waals surface area contributed by atoms with Gasteiger partial charge in [0.15, 0.2) is 11.5 Å². The molecule has 4 rings (SSSR count). The van der Waals surface area contributed by atoms with Gasteiger partial charge in [-0.15, -0.1) is 0 Å². The topological polar surface area (TPSA) is 67.9 Å². The number of para-hydroxylation sites is 1. The van der Waals surface area contributed by atoms with Crippen molar-refractivity contribution in [3.05, 3.63) is 95.3 Å². The zero-order chi connectivity index (χ0) is 22.5. The summed E-state index contributed by atoms with van der Waals surface area (Å²) in [7, 11) is 0. The third-order valence-electron chi connectivity index (χ3n) is 4.83. The Labute approximate surface area is 184 Å². The van der Waals surface area contributed by atoms with Crippen molar-refractivity contribution in [2.24, 2.45) is 0 Å². The third kappa shape index (κ3) is 4.46. The van der Waals surface area contributed by atoms with Crippen molar-refractivity contribution >= 4 is 23.6 Å². The van der Waals surface area contributed by atoms with E-state index in [1.165, 1.54) is 17.2 Å². The lowest BCUT2D eigenvalue weighted by Crippen LogP contribution is -2.35. The van der Waals surface area contributed by atoms with E-state index in [2.05, 4.69) is 5.43 Å². The molecule has 1 heterocycles. The van der Waals surface area contributed by atoms with Crippen LogP contribution < -0.4 is 19.9 Å². The largest absolute Gasteiger partial charge is 0.490 e. The van der Waals surface area contributed by atoms with Crippen LogP contribution in [0.1, 0.15) is 18.1 Å². The van der Waals surface area contributed by atoms with Crippen molar-refractivity contribution in [3.8, 4) is 11.5 Å². The van der Waals surface area contributed by atoms with Crippen LogP contribution in [0.15, 0.2) is 78.4 Å². The lowest BCUT2D eigenvalue weighted by molar-refractivity contribution is -0.117. The summed E-state index contributed by atoms with van der Waals surface area (Å²) in [4.78, 5) is 25.2. The van der Waals surface area contributed by atoms with Crippen LogP contribution in [-0.4, -0.2) is 18.4 Å². The van der Waals surface area contributed by atoms with Crippen LogP contribution in [0.4, 0.5) is 10.1 Å². The van der Waals surface area contributed by atoms with Crippen molar-refractivity contribution in [3.63, 3.8) is 0 Å². The van der Waals surface area contributed by atoms with Crippen LogP contribution in [0.5, 0.6) is 11.5 Å². The highest BCUT2D eigenvalue weighted by Gasteiger charge is 2.34. The van der Waals surface area contributed by atoms with Crippen LogP contribution in [0.3, 0.4) is 0 Å². The summed E-state index contributed by atoms with van der Waals surface area (Å²) < 4.78 is 25.3. The molecule has 32 heavy (non-hydrogen) atoms. The summed E-state index contributed by atoms with van der Waals surface area (Å²) in [6.07, 6.45) is 1.50. The van der Waals surface area contributed by atoms with Gasteiger partial charge in [-0.05, 0) is 48.9 Å². The van der Waals surface area contributed by atoms with Crippen LogP contribution in [-0.2, 0) is 16.2 Å². The van der Waals surface area contributed by atoms with Crippen molar-refractivity contribution in [2.75, 3.05) is 11.6 Å². The van der Waals surface area contributed by atoms with Crippen molar-refractivity contribution < 1.29 is 23.5 Å². The fourth-order valence-corrected chi connectivity index (χ4v) is 3.26. The molecular formula is C25H21FN2O4. The quantitative estimate of drug-likeness (QED) is 0.447.